The van der Waals surface area contributed by atoms with Gasteiger partial charge in [0.1, 0.15) is 11.4 Å². The van der Waals surface area contributed by atoms with Gasteiger partial charge in [0, 0.05) is 47.7 Å². The molecule has 0 aliphatic heterocycles. The molecule has 4 aromatic rings. The van der Waals surface area contributed by atoms with E-state index in [1.165, 1.54) is 10.5 Å². The number of thiophene rings is 1. The number of anilines is 1. The zero-order valence-corrected chi connectivity index (χ0v) is 23.5. The van der Waals surface area contributed by atoms with Crippen molar-refractivity contribution in [1.82, 2.24) is 14.9 Å². The van der Waals surface area contributed by atoms with Crippen molar-refractivity contribution >= 4 is 45.7 Å². The number of aryl methyl sites for hydroxylation is 2. The molecule has 0 unspecified atom stereocenters. The minimum absolute atomic E-state index is 0.155. The number of aromatic nitrogens is 2. The lowest BCUT2D eigenvalue weighted by molar-refractivity contribution is 0.0728. The van der Waals surface area contributed by atoms with Gasteiger partial charge in [-0.3, -0.25) is 9.59 Å². The average molecular weight is 545 g/mol. The fraction of sp³-hybridized carbons (Fsp3) is 0.367. The largest absolute Gasteiger partial charge is 0.355 e. The molecular weight excluding hydrogens is 512 g/mol. The number of carbonyl (C=O) groups excluding carboxylic acids is 1. The van der Waals surface area contributed by atoms with Crippen LogP contribution in [0.1, 0.15) is 58.4 Å². The number of nitrogens with one attached hydrogen (secondary N) is 1. The predicted octanol–water partition coefficient (Wildman–Crippen LogP) is 6.03. The normalized spacial score (nSPS) is 14.9. The zero-order chi connectivity index (χ0) is 26.2. The number of aromatic amines is 1. The number of amides is 1. The van der Waals surface area contributed by atoms with Gasteiger partial charge >= 0.3 is 0 Å². The Morgan fingerprint density at radius 1 is 1.13 bits per heavy atom. The number of benzene rings is 1. The van der Waals surface area contributed by atoms with Crippen molar-refractivity contribution in [3.8, 4) is 0 Å². The van der Waals surface area contributed by atoms with Gasteiger partial charge in [-0.2, -0.15) is 11.3 Å². The number of H-pyrrole nitrogens is 1. The number of nitrogens with zero attached hydrogens (tertiary/aromatic N) is 3. The van der Waals surface area contributed by atoms with Crippen LogP contribution in [-0.2, 0) is 25.9 Å². The Labute approximate surface area is 231 Å². The fourth-order valence-corrected chi connectivity index (χ4v) is 6.50. The maximum Gasteiger partial charge on any atom is 0.261 e. The third-order valence-electron chi connectivity index (χ3n) is 7.60. The minimum Gasteiger partial charge on any atom is -0.355 e. The summed E-state index contributed by atoms with van der Waals surface area (Å²) < 4.78 is 0. The van der Waals surface area contributed by atoms with Crippen LogP contribution in [0.5, 0.6) is 0 Å². The predicted molar refractivity (Wildman–Crippen MR) is 157 cm³/mol. The van der Waals surface area contributed by atoms with Crippen LogP contribution in [0, 0.1) is 0 Å². The highest BCUT2D eigenvalue weighted by molar-refractivity contribution is 7.98. The van der Waals surface area contributed by atoms with Crippen LogP contribution in [0.25, 0.3) is 10.9 Å². The fourth-order valence-electron chi connectivity index (χ4n) is 5.41. The molecule has 38 heavy (non-hydrogen) atoms. The van der Waals surface area contributed by atoms with Crippen molar-refractivity contribution < 1.29 is 4.79 Å². The summed E-state index contributed by atoms with van der Waals surface area (Å²) >= 11 is 3.39. The van der Waals surface area contributed by atoms with E-state index in [-0.39, 0.29) is 23.1 Å². The van der Waals surface area contributed by atoms with Crippen molar-refractivity contribution in [3.05, 3.63) is 85.5 Å². The summed E-state index contributed by atoms with van der Waals surface area (Å²) in [5.74, 6) is 0.700. The Balaban J connectivity index is 1.38. The maximum absolute atomic E-state index is 13.9. The minimum atomic E-state index is -0.266. The van der Waals surface area contributed by atoms with E-state index in [1.54, 1.807) is 23.1 Å². The van der Waals surface area contributed by atoms with Crippen LogP contribution in [-0.4, -0.2) is 40.1 Å². The van der Waals surface area contributed by atoms with E-state index in [1.807, 2.05) is 11.0 Å². The molecular formula is C30H32N4O2S2. The Hall–Kier alpha value is -3.10. The van der Waals surface area contributed by atoms with Gasteiger partial charge in [-0.05, 0) is 97.0 Å². The topological polar surface area (TPSA) is 69.3 Å². The van der Waals surface area contributed by atoms with Gasteiger partial charge in [-0.25, -0.2) is 4.98 Å². The van der Waals surface area contributed by atoms with Gasteiger partial charge in [0.2, 0.25) is 0 Å². The third-order valence-corrected chi connectivity index (χ3v) is 9.06. The number of carbonyl (C=O) groups is 1. The van der Waals surface area contributed by atoms with E-state index in [9.17, 15) is 9.59 Å². The van der Waals surface area contributed by atoms with Crippen LogP contribution < -0.4 is 10.5 Å². The van der Waals surface area contributed by atoms with E-state index >= 15 is 0 Å². The highest BCUT2D eigenvalue weighted by Crippen LogP contribution is 2.34. The molecule has 1 saturated carbocycles. The highest BCUT2D eigenvalue weighted by atomic mass is 32.2. The van der Waals surface area contributed by atoms with Crippen LogP contribution >= 0.6 is 23.1 Å². The van der Waals surface area contributed by atoms with Gasteiger partial charge in [0.25, 0.3) is 11.5 Å². The summed E-state index contributed by atoms with van der Waals surface area (Å²) in [4.78, 5) is 40.3. The van der Waals surface area contributed by atoms with Crippen molar-refractivity contribution in [2.75, 3.05) is 18.2 Å². The van der Waals surface area contributed by atoms with E-state index < -0.39 is 0 Å². The van der Waals surface area contributed by atoms with Crippen molar-refractivity contribution in [2.24, 2.45) is 0 Å². The van der Waals surface area contributed by atoms with Gasteiger partial charge in [0.05, 0.1) is 5.52 Å². The number of rotatable bonds is 8. The standard InChI is InChI=1S/C30H32N4O2S2/c1-33(16-19-11-12-38-18-19)28-22(13-21-7-10-24(37-2)15-27(21)31-28)17-34(23-8-9-23)30(36)25-14-20-5-3-4-6-26(20)32-29(25)35/h7,10-15,18,23H,3-6,8-9,16-17H2,1-2H3,(H,32,35). The molecule has 0 bridgehead atoms. The number of fused-ring (bicyclic) bond motifs is 2. The van der Waals surface area contributed by atoms with Crippen molar-refractivity contribution in [3.63, 3.8) is 0 Å². The molecule has 0 saturated heterocycles. The first-order valence-corrected chi connectivity index (χ1v) is 15.4. The molecule has 2 aliphatic carbocycles. The first-order valence-electron chi connectivity index (χ1n) is 13.3. The van der Waals surface area contributed by atoms with Gasteiger partial charge in [-0.15, -0.1) is 11.8 Å². The molecule has 2 aliphatic rings. The van der Waals surface area contributed by atoms with Gasteiger partial charge in [-0.1, -0.05) is 6.07 Å². The molecule has 1 fully saturated rings. The monoisotopic (exact) mass is 544 g/mol. The summed E-state index contributed by atoms with van der Waals surface area (Å²) in [6.07, 6.45) is 7.98. The first kappa shape index (κ1) is 25.2. The number of pyridine rings is 2. The smallest absolute Gasteiger partial charge is 0.261 e. The van der Waals surface area contributed by atoms with Crippen LogP contribution in [0.4, 0.5) is 5.82 Å². The van der Waals surface area contributed by atoms with Crippen LogP contribution in [0.2, 0.25) is 0 Å². The van der Waals surface area contributed by atoms with Crippen molar-refractivity contribution in [2.45, 2.75) is 62.6 Å². The Morgan fingerprint density at radius 3 is 2.74 bits per heavy atom. The third kappa shape index (κ3) is 5.12. The molecule has 8 heteroatoms. The Kier molecular flexibility index (Phi) is 7.01. The van der Waals surface area contributed by atoms with Gasteiger partial charge in [0.15, 0.2) is 0 Å². The summed E-state index contributed by atoms with van der Waals surface area (Å²) in [7, 11) is 2.06. The maximum atomic E-state index is 13.9. The molecule has 0 spiro atoms. The number of hydrogen-bond acceptors (Lipinski definition) is 6. The van der Waals surface area contributed by atoms with Crippen LogP contribution in [0.3, 0.4) is 0 Å². The lowest BCUT2D eigenvalue weighted by atomic mass is 9.95. The highest BCUT2D eigenvalue weighted by Gasteiger charge is 2.35. The second-order valence-corrected chi connectivity index (χ2v) is 12.1. The van der Waals surface area contributed by atoms with Crippen LogP contribution in [0.15, 0.2) is 56.8 Å². The Bertz CT molecular complexity index is 1540. The lowest BCUT2D eigenvalue weighted by Crippen LogP contribution is -2.37. The summed E-state index contributed by atoms with van der Waals surface area (Å²) in [6.45, 7) is 1.16. The zero-order valence-electron chi connectivity index (χ0n) is 21.8. The second kappa shape index (κ2) is 10.6. The van der Waals surface area contributed by atoms with Crippen molar-refractivity contribution in [1.29, 1.82) is 0 Å². The molecule has 3 aromatic heterocycles. The number of thioether (sulfide) groups is 1. The first-order chi connectivity index (χ1) is 18.5. The molecule has 196 valence electrons. The molecule has 6 rings (SSSR count). The SMILES string of the molecule is CSc1ccc2cc(CN(C(=O)c3cc4c([nH]c3=O)CCCC4)C3CC3)c(N(C)Cc3ccsc3)nc2c1. The van der Waals surface area contributed by atoms with E-state index in [2.05, 4.69) is 64.3 Å². The van der Waals surface area contributed by atoms with E-state index in [0.29, 0.717) is 6.54 Å². The molecule has 3 heterocycles. The second-order valence-electron chi connectivity index (χ2n) is 10.4. The summed E-state index contributed by atoms with van der Waals surface area (Å²) in [5, 5.41) is 5.30. The van der Waals surface area contributed by atoms with Gasteiger partial charge < -0.3 is 14.8 Å². The summed E-state index contributed by atoms with van der Waals surface area (Å²) in [5.41, 5.74) is 5.30. The summed E-state index contributed by atoms with van der Waals surface area (Å²) in [6, 6.07) is 12.7. The molecule has 0 radical (unpaired) electrons. The molecule has 1 aromatic carbocycles. The van der Waals surface area contributed by atoms with E-state index in [4.69, 9.17) is 4.98 Å². The number of hydrogen-bond donors (Lipinski definition) is 1. The quantitative estimate of drug-likeness (QED) is 0.275. The molecule has 0 atom stereocenters. The molecule has 1 N–H and O–H groups in total. The molecule has 6 nitrogen and oxygen atoms in total. The average Bonchev–Trinajstić information content (AvgIpc) is 3.65. The van der Waals surface area contributed by atoms with E-state index in [0.717, 1.165) is 78.6 Å². The molecule has 1 amide bonds. The lowest BCUT2D eigenvalue weighted by Gasteiger charge is -2.27. The Morgan fingerprint density at radius 2 is 1.97 bits per heavy atom.